The van der Waals surface area contributed by atoms with Gasteiger partial charge in [-0.25, -0.2) is 4.90 Å². The number of thioether (sulfide) groups is 1. The van der Waals surface area contributed by atoms with Crippen molar-refractivity contribution in [2.24, 2.45) is 0 Å². The van der Waals surface area contributed by atoms with E-state index in [1.54, 1.807) is 55.8 Å². The predicted molar refractivity (Wildman–Crippen MR) is 109 cm³/mol. The Kier molecular flexibility index (Phi) is 5.04. The summed E-state index contributed by atoms with van der Waals surface area (Å²) in [6.45, 7) is 0. The number of para-hydroxylation sites is 2. The van der Waals surface area contributed by atoms with Gasteiger partial charge in [-0.15, -0.1) is 11.8 Å². The van der Waals surface area contributed by atoms with Crippen molar-refractivity contribution >= 4 is 34.8 Å². The third kappa shape index (κ3) is 3.23. The summed E-state index contributed by atoms with van der Waals surface area (Å²) >= 11 is 1.29. The van der Waals surface area contributed by atoms with Crippen LogP contribution in [-0.2, 0) is 15.3 Å². The molecule has 4 rings (SSSR count). The number of benzene rings is 2. The molecule has 0 radical (unpaired) electrons. The van der Waals surface area contributed by atoms with E-state index in [0.717, 1.165) is 5.76 Å². The van der Waals surface area contributed by atoms with E-state index in [2.05, 4.69) is 0 Å². The van der Waals surface area contributed by atoms with Gasteiger partial charge in [0.05, 0.1) is 35.3 Å². The molecule has 2 amide bonds. The van der Waals surface area contributed by atoms with Crippen LogP contribution in [0.2, 0.25) is 0 Å². The number of nitrogens with zero attached hydrogens (tertiary/aromatic N) is 1. The monoisotopic (exact) mass is 391 g/mol. The zero-order valence-electron chi connectivity index (χ0n) is 15.1. The van der Waals surface area contributed by atoms with Gasteiger partial charge in [0.2, 0.25) is 0 Å². The van der Waals surface area contributed by atoms with Gasteiger partial charge in [-0.3, -0.25) is 9.59 Å². The molecular weight excluding hydrogens is 374 g/mol. The molecule has 0 atom stereocenters. The van der Waals surface area contributed by atoms with Crippen molar-refractivity contribution in [1.82, 2.24) is 0 Å². The molecule has 0 fully saturated rings. The Bertz CT molecular complexity index is 1040. The summed E-state index contributed by atoms with van der Waals surface area (Å²) in [5.74, 6) is 1.03. The Morgan fingerprint density at radius 1 is 0.929 bits per heavy atom. The Hall–Kier alpha value is -3.25. The molecule has 140 valence electrons. The maximum Gasteiger partial charge on any atom is 0.272 e. The molecule has 0 spiro atoms. The molecule has 6 heteroatoms. The summed E-state index contributed by atoms with van der Waals surface area (Å²) in [6.07, 6.45) is 1.59. The van der Waals surface area contributed by atoms with Crippen molar-refractivity contribution in [2.75, 3.05) is 12.0 Å². The standard InChI is InChI=1S/C22H17NO4S/c1-26-18-12-6-5-11-17(18)19-20(28-14-16-10-7-13-27-16)22(25)23(21(19)24)15-8-3-2-4-9-15/h2-13H,14H2,1H3. The smallest absolute Gasteiger partial charge is 0.272 e. The average molecular weight is 391 g/mol. The number of hydrogen-bond acceptors (Lipinski definition) is 5. The Morgan fingerprint density at radius 3 is 2.39 bits per heavy atom. The highest BCUT2D eigenvalue weighted by molar-refractivity contribution is 8.03. The first-order chi connectivity index (χ1) is 13.7. The van der Waals surface area contributed by atoms with Gasteiger partial charge >= 0.3 is 0 Å². The molecule has 0 saturated carbocycles. The summed E-state index contributed by atoms with van der Waals surface area (Å²) in [5.41, 5.74) is 1.49. The summed E-state index contributed by atoms with van der Waals surface area (Å²) in [4.78, 5) is 28.1. The molecule has 0 saturated heterocycles. The second-order valence-corrected chi connectivity index (χ2v) is 7.04. The topological polar surface area (TPSA) is 59.8 Å². The van der Waals surface area contributed by atoms with Crippen LogP contribution in [0.5, 0.6) is 5.75 Å². The fraction of sp³-hybridized carbons (Fsp3) is 0.0909. The average Bonchev–Trinajstić information content (AvgIpc) is 3.33. The number of ether oxygens (including phenoxy) is 1. The molecule has 5 nitrogen and oxygen atoms in total. The largest absolute Gasteiger partial charge is 0.496 e. The summed E-state index contributed by atoms with van der Waals surface area (Å²) in [6, 6.07) is 19.8. The molecule has 28 heavy (non-hydrogen) atoms. The van der Waals surface area contributed by atoms with Crippen molar-refractivity contribution in [3.8, 4) is 5.75 Å². The maximum absolute atomic E-state index is 13.3. The van der Waals surface area contributed by atoms with E-state index >= 15 is 0 Å². The molecule has 2 heterocycles. The zero-order valence-corrected chi connectivity index (χ0v) is 15.9. The number of furan rings is 1. The van der Waals surface area contributed by atoms with Gasteiger partial charge in [-0.05, 0) is 30.3 Å². The van der Waals surface area contributed by atoms with E-state index in [9.17, 15) is 9.59 Å². The van der Waals surface area contributed by atoms with Gasteiger partial charge in [0, 0.05) is 5.56 Å². The number of imide groups is 1. The van der Waals surface area contributed by atoms with Gasteiger partial charge in [0.15, 0.2) is 0 Å². The quantitative estimate of drug-likeness (QED) is 0.579. The number of carbonyl (C=O) groups is 2. The molecule has 2 aromatic carbocycles. The second kappa shape index (κ2) is 7.78. The SMILES string of the molecule is COc1ccccc1C1=C(SCc2ccco2)C(=O)N(c2ccccc2)C1=O. The fourth-order valence-corrected chi connectivity index (χ4v) is 4.09. The lowest BCUT2D eigenvalue weighted by Gasteiger charge is -2.15. The van der Waals surface area contributed by atoms with Gasteiger partial charge in [-0.1, -0.05) is 36.4 Å². The number of carbonyl (C=O) groups excluding carboxylic acids is 2. The minimum atomic E-state index is -0.359. The van der Waals surface area contributed by atoms with Crippen LogP contribution < -0.4 is 9.64 Å². The van der Waals surface area contributed by atoms with Crippen LogP contribution in [0.25, 0.3) is 5.57 Å². The van der Waals surface area contributed by atoms with Crippen LogP contribution in [0.4, 0.5) is 5.69 Å². The van der Waals surface area contributed by atoms with Crippen LogP contribution >= 0.6 is 11.8 Å². The van der Waals surface area contributed by atoms with Gasteiger partial charge in [0.1, 0.15) is 11.5 Å². The number of anilines is 1. The van der Waals surface area contributed by atoms with E-state index < -0.39 is 0 Å². The van der Waals surface area contributed by atoms with E-state index in [1.165, 1.54) is 16.7 Å². The van der Waals surface area contributed by atoms with Crippen LogP contribution in [0.15, 0.2) is 82.3 Å². The van der Waals surface area contributed by atoms with E-state index in [-0.39, 0.29) is 11.8 Å². The van der Waals surface area contributed by atoms with Crippen LogP contribution in [0.3, 0.4) is 0 Å². The molecule has 1 aliphatic rings. The first kappa shape index (κ1) is 18.1. The molecule has 1 aromatic heterocycles. The van der Waals surface area contributed by atoms with Gasteiger partial charge in [0.25, 0.3) is 11.8 Å². The fourth-order valence-electron chi connectivity index (χ4n) is 3.08. The lowest BCUT2D eigenvalue weighted by Crippen LogP contribution is -2.31. The van der Waals surface area contributed by atoms with E-state index in [4.69, 9.17) is 9.15 Å². The minimum absolute atomic E-state index is 0.339. The highest BCUT2D eigenvalue weighted by Gasteiger charge is 2.41. The van der Waals surface area contributed by atoms with Crippen molar-refractivity contribution in [2.45, 2.75) is 5.75 Å². The van der Waals surface area contributed by atoms with E-state index in [1.807, 2.05) is 24.3 Å². The normalized spacial score (nSPS) is 14.1. The molecule has 1 aliphatic heterocycles. The molecule has 0 unspecified atom stereocenters. The van der Waals surface area contributed by atoms with Crippen LogP contribution in [-0.4, -0.2) is 18.9 Å². The third-order valence-corrected chi connectivity index (χ3v) is 5.47. The number of hydrogen-bond donors (Lipinski definition) is 0. The molecule has 3 aromatic rings. The summed E-state index contributed by atoms with van der Waals surface area (Å²) in [7, 11) is 1.55. The Balaban J connectivity index is 1.79. The highest BCUT2D eigenvalue weighted by atomic mass is 32.2. The number of methoxy groups -OCH3 is 1. The van der Waals surface area contributed by atoms with Crippen molar-refractivity contribution in [1.29, 1.82) is 0 Å². The zero-order chi connectivity index (χ0) is 19.5. The van der Waals surface area contributed by atoms with Gasteiger partial charge in [-0.2, -0.15) is 0 Å². The number of rotatable bonds is 6. The lowest BCUT2D eigenvalue weighted by atomic mass is 10.0. The van der Waals surface area contributed by atoms with Crippen molar-refractivity contribution < 1.29 is 18.7 Å². The molecule has 0 bridgehead atoms. The highest BCUT2D eigenvalue weighted by Crippen LogP contribution is 2.41. The van der Waals surface area contributed by atoms with E-state index in [0.29, 0.717) is 33.2 Å². The second-order valence-electron chi connectivity index (χ2n) is 6.05. The molecular formula is C22H17NO4S. The number of amides is 2. The van der Waals surface area contributed by atoms with Crippen LogP contribution in [0.1, 0.15) is 11.3 Å². The Labute approximate surface area is 166 Å². The first-order valence-corrected chi connectivity index (χ1v) is 9.66. The lowest BCUT2D eigenvalue weighted by molar-refractivity contribution is -0.119. The first-order valence-electron chi connectivity index (χ1n) is 8.67. The van der Waals surface area contributed by atoms with Gasteiger partial charge < -0.3 is 9.15 Å². The van der Waals surface area contributed by atoms with Crippen molar-refractivity contribution in [3.63, 3.8) is 0 Å². The Morgan fingerprint density at radius 2 is 1.68 bits per heavy atom. The predicted octanol–water partition coefficient (Wildman–Crippen LogP) is 4.51. The van der Waals surface area contributed by atoms with Crippen LogP contribution in [0, 0.1) is 0 Å². The summed E-state index contributed by atoms with van der Waals surface area (Å²) < 4.78 is 10.8. The molecule has 0 aliphatic carbocycles. The van der Waals surface area contributed by atoms with Crippen molar-refractivity contribution in [3.05, 3.63) is 89.2 Å². The maximum atomic E-state index is 13.3. The summed E-state index contributed by atoms with van der Waals surface area (Å²) in [5, 5.41) is 0. The molecule has 0 N–H and O–H groups in total. The third-order valence-electron chi connectivity index (χ3n) is 4.37. The minimum Gasteiger partial charge on any atom is -0.496 e.